The Balaban J connectivity index is 1.73. The first-order valence-corrected chi connectivity index (χ1v) is 10.5. The van der Waals surface area contributed by atoms with E-state index in [-0.39, 0.29) is 29.6 Å². The Kier molecular flexibility index (Phi) is 5.60. The predicted molar refractivity (Wildman–Crippen MR) is 104 cm³/mol. The molecule has 2 amide bonds. The Bertz CT molecular complexity index is 919. The summed E-state index contributed by atoms with van der Waals surface area (Å²) in [6.45, 7) is 2.13. The molecule has 0 saturated carbocycles. The lowest BCUT2D eigenvalue weighted by atomic mass is 10.1. The van der Waals surface area contributed by atoms with E-state index in [9.17, 15) is 18.0 Å². The lowest BCUT2D eigenvalue weighted by Crippen LogP contribution is -2.28. The van der Waals surface area contributed by atoms with E-state index in [2.05, 4.69) is 11.6 Å². The molecule has 0 aromatic heterocycles. The molecule has 6 nitrogen and oxygen atoms in total. The van der Waals surface area contributed by atoms with E-state index in [0.29, 0.717) is 11.4 Å². The largest absolute Gasteiger partial charge is 0.280 e. The maximum Gasteiger partial charge on any atom is 0.261 e. The summed E-state index contributed by atoms with van der Waals surface area (Å²) < 4.78 is 27.7. The van der Waals surface area contributed by atoms with Crippen molar-refractivity contribution in [3.63, 3.8) is 0 Å². The maximum absolute atomic E-state index is 12.6. The van der Waals surface area contributed by atoms with Gasteiger partial charge in [0.15, 0.2) is 0 Å². The molecular weight excluding hydrogens is 364 g/mol. The molecule has 2 aromatic carbocycles. The van der Waals surface area contributed by atoms with Crippen LogP contribution >= 0.6 is 0 Å². The summed E-state index contributed by atoms with van der Waals surface area (Å²) in [5.74, 6) is -0.534. The molecular formula is C20H22N2O4S. The van der Waals surface area contributed by atoms with Crippen molar-refractivity contribution in [2.45, 2.75) is 43.9 Å². The summed E-state index contributed by atoms with van der Waals surface area (Å²) in [5, 5.41) is 0. The Morgan fingerprint density at radius 1 is 0.926 bits per heavy atom. The smallest absolute Gasteiger partial charge is 0.261 e. The van der Waals surface area contributed by atoms with Gasteiger partial charge in [0.1, 0.15) is 0 Å². The van der Waals surface area contributed by atoms with E-state index in [1.165, 1.54) is 29.8 Å². The topological polar surface area (TPSA) is 83.6 Å². The number of rotatable bonds is 7. The van der Waals surface area contributed by atoms with Crippen molar-refractivity contribution in [3.05, 3.63) is 54.1 Å². The molecule has 3 rings (SSSR count). The van der Waals surface area contributed by atoms with E-state index in [0.717, 1.165) is 24.2 Å². The van der Waals surface area contributed by atoms with Crippen LogP contribution in [0.25, 0.3) is 0 Å². The number of nitrogens with zero attached hydrogens (tertiary/aromatic N) is 1. The van der Waals surface area contributed by atoms with Crippen LogP contribution in [0.3, 0.4) is 0 Å². The van der Waals surface area contributed by atoms with E-state index in [1.54, 1.807) is 12.1 Å². The van der Waals surface area contributed by atoms with Gasteiger partial charge in [-0.2, -0.15) is 0 Å². The van der Waals surface area contributed by atoms with Crippen LogP contribution in [0.15, 0.2) is 53.4 Å². The lowest BCUT2D eigenvalue weighted by molar-refractivity contribution is -0.121. The van der Waals surface area contributed by atoms with E-state index >= 15 is 0 Å². The molecule has 1 aliphatic heterocycles. The standard InChI is InChI=1S/C20H22N2O4S/c1-2-3-4-15-5-7-16(8-6-15)21-27(25,26)18-11-9-17(10-12-18)22-19(23)13-14-20(22)24/h5-12,21H,2-4,13-14H2,1H3. The monoisotopic (exact) mass is 386 g/mol. The molecule has 0 unspecified atom stereocenters. The molecule has 27 heavy (non-hydrogen) atoms. The number of hydrogen-bond donors (Lipinski definition) is 1. The van der Waals surface area contributed by atoms with Gasteiger partial charge in [0, 0.05) is 18.5 Å². The van der Waals surface area contributed by atoms with Gasteiger partial charge >= 0.3 is 0 Å². The number of sulfonamides is 1. The molecule has 7 heteroatoms. The SMILES string of the molecule is CCCCc1ccc(NS(=O)(=O)c2ccc(N3C(=O)CCC3=O)cc2)cc1. The second kappa shape index (κ2) is 7.92. The summed E-state index contributed by atoms with van der Waals surface area (Å²) in [5.41, 5.74) is 2.05. The van der Waals surface area contributed by atoms with Crippen LogP contribution in [0.2, 0.25) is 0 Å². The molecule has 1 N–H and O–H groups in total. The van der Waals surface area contributed by atoms with Gasteiger partial charge in [0.05, 0.1) is 10.6 Å². The van der Waals surface area contributed by atoms with Gasteiger partial charge < -0.3 is 0 Å². The van der Waals surface area contributed by atoms with E-state index < -0.39 is 10.0 Å². The second-order valence-electron chi connectivity index (χ2n) is 6.52. The first-order valence-electron chi connectivity index (χ1n) is 8.98. The van der Waals surface area contributed by atoms with Gasteiger partial charge in [0.25, 0.3) is 10.0 Å². The summed E-state index contributed by atoms with van der Waals surface area (Å²) in [6.07, 6.45) is 3.56. The van der Waals surface area contributed by atoms with Crippen LogP contribution in [0.1, 0.15) is 38.2 Å². The number of carbonyl (C=O) groups excluding carboxylic acids is 2. The minimum Gasteiger partial charge on any atom is -0.280 e. The molecule has 2 aromatic rings. The number of anilines is 2. The third-order valence-corrected chi connectivity index (χ3v) is 5.88. The fourth-order valence-corrected chi connectivity index (χ4v) is 4.03. The summed E-state index contributed by atoms with van der Waals surface area (Å²) in [7, 11) is -3.75. The number of benzene rings is 2. The first kappa shape index (κ1) is 19.1. The average molecular weight is 386 g/mol. The molecule has 0 atom stereocenters. The van der Waals surface area contributed by atoms with Crippen molar-refractivity contribution in [2.24, 2.45) is 0 Å². The zero-order valence-corrected chi connectivity index (χ0v) is 16.0. The second-order valence-corrected chi connectivity index (χ2v) is 8.21. The Morgan fingerprint density at radius 2 is 1.52 bits per heavy atom. The molecule has 0 spiro atoms. The molecule has 0 radical (unpaired) electrons. The summed E-state index contributed by atoms with van der Waals surface area (Å²) in [4.78, 5) is 24.7. The minimum atomic E-state index is -3.75. The minimum absolute atomic E-state index is 0.0698. The normalized spacial score (nSPS) is 14.6. The molecule has 1 fully saturated rings. The number of hydrogen-bond acceptors (Lipinski definition) is 4. The van der Waals surface area contributed by atoms with Crippen molar-refractivity contribution in [1.82, 2.24) is 0 Å². The number of amides is 2. The van der Waals surface area contributed by atoms with Crippen LogP contribution < -0.4 is 9.62 Å². The van der Waals surface area contributed by atoms with E-state index in [1.807, 2.05) is 12.1 Å². The van der Waals surface area contributed by atoms with Crippen molar-refractivity contribution < 1.29 is 18.0 Å². The Morgan fingerprint density at radius 3 is 2.07 bits per heavy atom. The van der Waals surface area contributed by atoms with Gasteiger partial charge in [-0.05, 0) is 54.8 Å². The van der Waals surface area contributed by atoms with Crippen LogP contribution in [-0.2, 0) is 26.0 Å². The molecule has 1 aliphatic rings. The fourth-order valence-electron chi connectivity index (χ4n) is 2.97. The maximum atomic E-state index is 12.6. The lowest BCUT2D eigenvalue weighted by Gasteiger charge is -2.14. The van der Waals surface area contributed by atoms with Crippen LogP contribution in [0, 0.1) is 0 Å². The Hall–Kier alpha value is -2.67. The molecule has 0 aliphatic carbocycles. The van der Waals surface area contributed by atoms with Gasteiger partial charge in [-0.3, -0.25) is 19.2 Å². The van der Waals surface area contributed by atoms with Crippen LogP contribution in [0.4, 0.5) is 11.4 Å². The molecule has 1 heterocycles. The third-order valence-electron chi connectivity index (χ3n) is 4.48. The molecule has 142 valence electrons. The van der Waals surface area contributed by atoms with Crippen molar-refractivity contribution in [3.8, 4) is 0 Å². The quantitative estimate of drug-likeness (QED) is 0.739. The number of carbonyl (C=O) groups is 2. The number of unbranched alkanes of at least 4 members (excludes halogenated alkanes) is 1. The van der Waals surface area contributed by atoms with Gasteiger partial charge in [-0.15, -0.1) is 0 Å². The summed E-state index contributed by atoms with van der Waals surface area (Å²) >= 11 is 0. The average Bonchev–Trinajstić information content (AvgIpc) is 2.99. The number of imide groups is 1. The zero-order chi connectivity index (χ0) is 19.4. The van der Waals surface area contributed by atoms with E-state index in [4.69, 9.17) is 0 Å². The van der Waals surface area contributed by atoms with Crippen molar-refractivity contribution >= 4 is 33.2 Å². The fraction of sp³-hybridized carbons (Fsp3) is 0.300. The summed E-state index contributed by atoms with van der Waals surface area (Å²) in [6, 6.07) is 13.1. The molecule has 0 bridgehead atoms. The van der Waals surface area contributed by atoms with Gasteiger partial charge in [-0.1, -0.05) is 25.5 Å². The van der Waals surface area contributed by atoms with Crippen LogP contribution in [-0.4, -0.2) is 20.2 Å². The van der Waals surface area contributed by atoms with Gasteiger partial charge in [0.2, 0.25) is 11.8 Å². The van der Waals surface area contributed by atoms with Crippen molar-refractivity contribution in [1.29, 1.82) is 0 Å². The highest BCUT2D eigenvalue weighted by Crippen LogP contribution is 2.25. The zero-order valence-electron chi connectivity index (χ0n) is 15.1. The Labute approximate surface area is 159 Å². The highest BCUT2D eigenvalue weighted by Gasteiger charge is 2.30. The van der Waals surface area contributed by atoms with Gasteiger partial charge in [-0.25, -0.2) is 8.42 Å². The van der Waals surface area contributed by atoms with Crippen molar-refractivity contribution in [2.75, 3.05) is 9.62 Å². The molecule has 1 saturated heterocycles. The highest BCUT2D eigenvalue weighted by molar-refractivity contribution is 7.92. The highest BCUT2D eigenvalue weighted by atomic mass is 32.2. The van der Waals surface area contributed by atoms with Crippen LogP contribution in [0.5, 0.6) is 0 Å². The third kappa shape index (κ3) is 4.36. The first-order chi connectivity index (χ1) is 12.9. The number of aryl methyl sites for hydroxylation is 1. The predicted octanol–water partition coefficient (Wildman–Crippen LogP) is 3.48. The number of nitrogens with one attached hydrogen (secondary N) is 1.